The minimum atomic E-state index is -3.59. The molecule has 18 heavy (non-hydrogen) atoms. The van der Waals surface area contributed by atoms with Crippen LogP contribution >= 0.6 is 8.25 Å². The second-order valence-electron chi connectivity index (χ2n) is 2.97. The maximum absolute atomic E-state index is 10.9. The molecule has 4 N–H and O–H groups in total. The molecule has 0 aromatic heterocycles. The second-order valence-corrected chi connectivity index (χ2v) is 3.63. The summed E-state index contributed by atoms with van der Waals surface area (Å²) < 4.78 is 14.4. The molecule has 9 nitrogen and oxygen atoms in total. The van der Waals surface area contributed by atoms with Crippen molar-refractivity contribution in [2.45, 2.75) is 18.9 Å². The van der Waals surface area contributed by atoms with E-state index in [1.807, 2.05) is 0 Å². The van der Waals surface area contributed by atoms with E-state index in [1.54, 1.807) is 0 Å². The Morgan fingerprint density at radius 2 is 1.61 bits per heavy atom. The molecule has 0 amide bonds. The molecule has 2 atom stereocenters. The number of hydrogen-bond donors (Lipinski definition) is 4. The summed E-state index contributed by atoms with van der Waals surface area (Å²) in [6, 6.07) is 0. The number of carboxylic acids is 3. The summed E-state index contributed by atoms with van der Waals surface area (Å²) in [5, 5.41) is 26.3. The van der Waals surface area contributed by atoms with Crippen LogP contribution in [0, 0.1) is 5.92 Å². The van der Waals surface area contributed by atoms with E-state index in [9.17, 15) is 18.9 Å². The predicted molar refractivity (Wildman–Crippen MR) is 50.3 cm³/mol. The Morgan fingerprint density at radius 1 is 1.22 bits per heavy atom. The molecule has 0 aromatic carbocycles. The fourth-order valence-electron chi connectivity index (χ4n) is 1.29. The molecular weight excluding hydrogens is 350 g/mol. The Kier molecular flexibility index (Phi) is 8.39. The van der Waals surface area contributed by atoms with Crippen molar-refractivity contribution in [3.63, 3.8) is 0 Å². The van der Waals surface area contributed by atoms with E-state index in [0.717, 1.165) is 0 Å². The fourth-order valence-corrected chi connectivity index (χ4v) is 1.82. The van der Waals surface area contributed by atoms with E-state index >= 15 is 0 Å². The van der Waals surface area contributed by atoms with Crippen molar-refractivity contribution in [3.05, 3.63) is 0 Å². The monoisotopic (exact) mass is 359 g/mol. The van der Waals surface area contributed by atoms with Crippen LogP contribution in [0.15, 0.2) is 0 Å². The maximum atomic E-state index is 10.9. The first-order valence-corrected chi connectivity index (χ1v) is 5.38. The predicted octanol–water partition coefficient (Wildman–Crippen LogP) is -0.331. The molecule has 0 aliphatic heterocycles. The van der Waals surface area contributed by atoms with Crippen molar-refractivity contribution in [1.29, 1.82) is 0 Å². The van der Waals surface area contributed by atoms with Crippen LogP contribution in [0.5, 0.6) is 0 Å². The summed E-state index contributed by atoms with van der Waals surface area (Å²) >= 11 is 0. The van der Waals surface area contributed by atoms with E-state index in [1.165, 1.54) is 6.92 Å². The van der Waals surface area contributed by atoms with E-state index in [0.29, 0.717) is 0 Å². The molecule has 0 heterocycles. The molecule has 0 bridgehead atoms. The van der Waals surface area contributed by atoms with Crippen molar-refractivity contribution >= 4 is 26.2 Å². The zero-order valence-corrected chi connectivity index (χ0v) is 12.4. The van der Waals surface area contributed by atoms with Crippen LogP contribution in [0.2, 0.25) is 0 Å². The van der Waals surface area contributed by atoms with Gasteiger partial charge in [0.15, 0.2) is 0 Å². The van der Waals surface area contributed by atoms with Crippen LogP contribution in [-0.2, 0) is 49.7 Å². The molecule has 0 aliphatic carbocycles. The average Bonchev–Trinajstić information content (AvgIpc) is 2.14. The largest absolute Gasteiger partial charge is 0.696 e. The molecule has 0 rings (SSSR count). The number of hydrogen-bond acceptors (Lipinski definition) is 5. The molecule has 0 saturated heterocycles. The molecule has 0 aromatic rings. The van der Waals surface area contributed by atoms with Gasteiger partial charge in [-0.25, -0.2) is 9.59 Å². The molecule has 0 saturated carbocycles. The summed E-state index contributed by atoms with van der Waals surface area (Å²) in [6.07, 6.45) is -0.406. The third-order valence-electron chi connectivity index (χ3n) is 2.05. The number of carbonyl (C=O) groups is 3. The molecule has 100 valence electrons. The van der Waals surface area contributed by atoms with Crippen molar-refractivity contribution in [1.82, 2.24) is 0 Å². The van der Waals surface area contributed by atoms with Gasteiger partial charge in [-0.05, 0) is 6.42 Å². The first kappa shape index (κ1) is 19.6. The van der Waals surface area contributed by atoms with Crippen LogP contribution < -0.4 is 0 Å². The normalized spacial score (nSPS) is 13.1. The first-order valence-electron chi connectivity index (χ1n) is 4.25. The molecule has 0 radical (unpaired) electrons. The third-order valence-corrected chi connectivity index (χ3v) is 2.50. The van der Waals surface area contributed by atoms with Crippen LogP contribution in [0.1, 0.15) is 13.3 Å². The quantitative estimate of drug-likeness (QED) is 0.352. The number of rotatable bonds is 7. The minimum Gasteiger partial charge on any atom is -0.481 e. The summed E-state index contributed by atoms with van der Waals surface area (Å²) in [7, 11) is -3.59. The zero-order valence-electron chi connectivity index (χ0n) is 9.06. The summed E-state index contributed by atoms with van der Waals surface area (Å²) in [5.41, 5.74) is -3.29. The Morgan fingerprint density at radius 3 is 1.78 bits per heavy atom. The number of aliphatic carboxylic acids is 3. The summed E-state index contributed by atoms with van der Waals surface area (Å²) in [5.74, 6) is -8.06. The Hall–Kier alpha value is -0.687. The minimum absolute atomic E-state index is 0. The van der Waals surface area contributed by atoms with Gasteiger partial charge in [0, 0.05) is 30.8 Å². The topological polar surface area (TPSA) is 158 Å². The van der Waals surface area contributed by atoms with Crippen LogP contribution in [-0.4, -0.2) is 43.7 Å². The van der Waals surface area contributed by atoms with Gasteiger partial charge in [0.2, 0.25) is 0 Å². The van der Waals surface area contributed by atoms with Gasteiger partial charge in [-0.2, -0.15) is 0 Å². The van der Waals surface area contributed by atoms with Crippen molar-refractivity contribution < 1.29 is 69.9 Å². The van der Waals surface area contributed by atoms with Gasteiger partial charge in [0.25, 0.3) is 0 Å². The molecule has 2 unspecified atom stereocenters. The van der Waals surface area contributed by atoms with Gasteiger partial charge in [-0.1, -0.05) is 11.4 Å². The van der Waals surface area contributed by atoms with Crippen LogP contribution in [0.25, 0.3) is 0 Å². The van der Waals surface area contributed by atoms with Gasteiger partial charge < -0.3 is 15.3 Å². The summed E-state index contributed by atoms with van der Waals surface area (Å²) in [4.78, 5) is 41.1. The second kappa shape index (κ2) is 7.68. The van der Waals surface area contributed by atoms with Crippen molar-refractivity contribution in [2.24, 2.45) is 5.92 Å². The molecule has 0 spiro atoms. The standard InChI is InChI=1S/C7H9O9P.Zr/c1-2-3(4(8)9)7(5(10)11,6(12)13)16-17(14)15;/h3H,2H2,1H3,(H3-,8,9,10,11,12,13,14,15);/p+1. The van der Waals surface area contributed by atoms with Crippen LogP contribution in [0.3, 0.4) is 0 Å². The van der Waals surface area contributed by atoms with Gasteiger partial charge in [0.05, 0.1) is 0 Å². The Balaban J connectivity index is 0. The van der Waals surface area contributed by atoms with E-state index < -0.39 is 44.1 Å². The Bertz CT molecular complexity index is 354. The van der Waals surface area contributed by atoms with Gasteiger partial charge in [0.1, 0.15) is 5.92 Å². The van der Waals surface area contributed by atoms with E-state index in [4.69, 9.17) is 20.2 Å². The average molecular weight is 360 g/mol. The van der Waals surface area contributed by atoms with Crippen molar-refractivity contribution in [2.75, 3.05) is 0 Å². The van der Waals surface area contributed by atoms with Gasteiger partial charge >= 0.3 is 31.8 Å². The molecule has 0 fully saturated rings. The maximum Gasteiger partial charge on any atom is 0.696 e. The molecular formula is C7H10O9PZr+. The molecule has 0 aliphatic rings. The van der Waals surface area contributed by atoms with E-state index in [-0.39, 0.29) is 26.2 Å². The van der Waals surface area contributed by atoms with Gasteiger partial charge in [-0.3, -0.25) is 4.79 Å². The smallest absolute Gasteiger partial charge is 0.481 e. The molecule has 11 heteroatoms. The first-order chi connectivity index (χ1) is 7.70. The fraction of sp³-hybridized carbons (Fsp3) is 0.571. The zero-order chi connectivity index (χ0) is 13.8. The van der Waals surface area contributed by atoms with Crippen molar-refractivity contribution in [3.8, 4) is 0 Å². The third kappa shape index (κ3) is 3.91. The number of carboxylic acid groups (broad SMARTS) is 3. The van der Waals surface area contributed by atoms with Gasteiger partial charge in [-0.15, -0.1) is 4.89 Å². The van der Waals surface area contributed by atoms with E-state index in [2.05, 4.69) is 4.52 Å². The summed E-state index contributed by atoms with van der Waals surface area (Å²) in [6.45, 7) is 1.22. The Labute approximate surface area is 121 Å². The van der Waals surface area contributed by atoms with Crippen LogP contribution in [0.4, 0.5) is 0 Å². The SMILES string of the molecule is CCC(C(=O)O)C(O[P+](=O)O)(C(=O)O)C(=O)O.[Zr].